The van der Waals surface area contributed by atoms with Crippen molar-refractivity contribution in [3.63, 3.8) is 0 Å². The first kappa shape index (κ1) is 20.5. The zero-order chi connectivity index (χ0) is 17.7. The van der Waals surface area contributed by atoms with Crippen LogP contribution in [-0.4, -0.2) is 0 Å². The van der Waals surface area contributed by atoms with Gasteiger partial charge < -0.3 is 0 Å². The smallest absolute Gasteiger partial charge is 0.0270 e. The van der Waals surface area contributed by atoms with E-state index in [0.717, 1.165) is 0 Å². The Kier molecular flexibility index (Phi) is 8.31. The van der Waals surface area contributed by atoms with E-state index in [1.165, 1.54) is 69.3 Å². The van der Waals surface area contributed by atoms with Gasteiger partial charge in [0.1, 0.15) is 0 Å². The Balaban J connectivity index is 2.92. The number of rotatable bonds is 8. The highest BCUT2D eigenvalue weighted by atomic mass is 127. The molecule has 0 bridgehead atoms. The summed E-state index contributed by atoms with van der Waals surface area (Å²) < 4.78 is 2.79. The lowest BCUT2D eigenvalue weighted by Crippen LogP contribution is -2.08. The maximum absolute atomic E-state index is 2.50. The molecule has 0 radical (unpaired) electrons. The van der Waals surface area contributed by atoms with Gasteiger partial charge in [-0.3, -0.25) is 0 Å². The lowest BCUT2D eigenvalue weighted by Gasteiger charge is -2.23. The molecule has 132 valence electrons. The van der Waals surface area contributed by atoms with Crippen LogP contribution in [0.15, 0.2) is 12.1 Å². The van der Waals surface area contributed by atoms with Crippen molar-refractivity contribution < 1.29 is 0 Å². The van der Waals surface area contributed by atoms with Crippen molar-refractivity contribution in [1.29, 1.82) is 0 Å². The number of aryl methyl sites for hydroxylation is 2. The molecule has 0 aliphatic carbocycles. The molecule has 0 fully saturated rings. The molecule has 0 aromatic heterocycles. The van der Waals surface area contributed by atoms with Gasteiger partial charge in [0.25, 0.3) is 0 Å². The van der Waals surface area contributed by atoms with Gasteiger partial charge in [-0.25, -0.2) is 0 Å². The summed E-state index contributed by atoms with van der Waals surface area (Å²) >= 11 is 5.00. The molecule has 0 aliphatic heterocycles. The standard InChI is InChI=1S/C22H30I2/c1-5-9-15-16(10-6-2)18(12-8-4)20-14-22(24)21(23)13-19(20)17(15)11-7-3/h13-14H,5-12H2,1-4H3. The van der Waals surface area contributed by atoms with Gasteiger partial charge in [-0.2, -0.15) is 0 Å². The average Bonchev–Trinajstić information content (AvgIpc) is 2.56. The first-order valence-corrected chi connectivity index (χ1v) is 11.7. The minimum Gasteiger partial charge on any atom is -0.0651 e. The third-order valence-corrected chi connectivity index (χ3v) is 7.62. The highest BCUT2D eigenvalue weighted by Crippen LogP contribution is 2.36. The first-order valence-electron chi connectivity index (χ1n) is 9.53. The van der Waals surface area contributed by atoms with E-state index in [1.54, 1.807) is 22.3 Å². The van der Waals surface area contributed by atoms with Crippen LogP contribution in [0.2, 0.25) is 0 Å². The molecule has 2 heteroatoms. The zero-order valence-electron chi connectivity index (χ0n) is 15.6. The predicted molar refractivity (Wildman–Crippen MR) is 125 cm³/mol. The van der Waals surface area contributed by atoms with E-state index in [9.17, 15) is 0 Å². The van der Waals surface area contributed by atoms with E-state index in [2.05, 4.69) is 85.0 Å². The van der Waals surface area contributed by atoms with E-state index >= 15 is 0 Å². The maximum Gasteiger partial charge on any atom is 0.0270 e. The van der Waals surface area contributed by atoms with Gasteiger partial charge in [0, 0.05) is 7.14 Å². The summed E-state index contributed by atoms with van der Waals surface area (Å²) in [4.78, 5) is 0. The average molecular weight is 548 g/mol. The van der Waals surface area contributed by atoms with Crippen LogP contribution in [0, 0.1) is 7.14 Å². The topological polar surface area (TPSA) is 0 Å². The van der Waals surface area contributed by atoms with Gasteiger partial charge in [0.2, 0.25) is 0 Å². The molecular weight excluding hydrogens is 518 g/mol. The second-order valence-corrected chi connectivity index (χ2v) is 9.05. The summed E-state index contributed by atoms with van der Waals surface area (Å²) in [6.07, 6.45) is 9.84. The molecule has 0 saturated carbocycles. The van der Waals surface area contributed by atoms with Crippen LogP contribution in [-0.2, 0) is 25.7 Å². The highest BCUT2D eigenvalue weighted by Gasteiger charge is 2.18. The fourth-order valence-corrected chi connectivity index (χ4v) is 4.84. The molecule has 0 spiro atoms. The van der Waals surface area contributed by atoms with E-state index in [0.29, 0.717) is 0 Å². The molecule has 0 nitrogen and oxygen atoms in total. The normalized spacial score (nSPS) is 11.4. The van der Waals surface area contributed by atoms with Gasteiger partial charge in [0.05, 0.1) is 0 Å². The lowest BCUT2D eigenvalue weighted by atomic mass is 9.82. The van der Waals surface area contributed by atoms with Gasteiger partial charge in [-0.1, -0.05) is 53.4 Å². The lowest BCUT2D eigenvalue weighted by molar-refractivity contribution is 0.810. The third-order valence-electron chi connectivity index (χ3n) is 4.80. The zero-order valence-corrected chi connectivity index (χ0v) is 19.9. The molecule has 0 atom stereocenters. The molecule has 0 saturated heterocycles. The van der Waals surface area contributed by atoms with Gasteiger partial charge in [0.15, 0.2) is 0 Å². The van der Waals surface area contributed by atoms with Gasteiger partial charge in [-0.15, -0.1) is 0 Å². The minimum atomic E-state index is 1.21. The molecule has 0 unspecified atom stereocenters. The Labute approximate surface area is 175 Å². The quantitative estimate of drug-likeness (QED) is 0.295. The molecule has 2 aromatic rings. The van der Waals surface area contributed by atoms with Crippen molar-refractivity contribution in [2.24, 2.45) is 0 Å². The van der Waals surface area contributed by atoms with E-state index in [-0.39, 0.29) is 0 Å². The fourth-order valence-electron chi connectivity index (χ4n) is 3.91. The van der Waals surface area contributed by atoms with Crippen LogP contribution in [0.1, 0.15) is 75.6 Å². The van der Waals surface area contributed by atoms with E-state index in [1.807, 2.05) is 0 Å². The third kappa shape index (κ3) is 4.28. The Morgan fingerprint density at radius 1 is 0.542 bits per heavy atom. The minimum absolute atomic E-state index is 1.21. The Morgan fingerprint density at radius 3 is 1.12 bits per heavy atom. The monoisotopic (exact) mass is 548 g/mol. The van der Waals surface area contributed by atoms with Crippen molar-refractivity contribution in [1.82, 2.24) is 0 Å². The molecule has 0 N–H and O–H groups in total. The number of fused-ring (bicyclic) bond motifs is 1. The number of hydrogen-bond acceptors (Lipinski definition) is 0. The Morgan fingerprint density at radius 2 is 0.833 bits per heavy atom. The van der Waals surface area contributed by atoms with Crippen molar-refractivity contribution in [3.8, 4) is 0 Å². The van der Waals surface area contributed by atoms with Crippen molar-refractivity contribution in [2.75, 3.05) is 0 Å². The van der Waals surface area contributed by atoms with Crippen LogP contribution in [0.25, 0.3) is 10.8 Å². The van der Waals surface area contributed by atoms with Gasteiger partial charge in [-0.05, 0) is 116 Å². The molecule has 0 heterocycles. The van der Waals surface area contributed by atoms with Crippen molar-refractivity contribution in [2.45, 2.75) is 79.1 Å². The summed E-state index contributed by atoms with van der Waals surface area (Å²) in [5, 5.41) is 3.07. The second kappa shape index (κ2) is 9.75. The van der Waals surface area contributed by atoms with Crippen molar-refractivity contribution in [3.05, 3.63) is 41.5 Å². The van der Waals surface area contributed by atoms with Crippen LogP contribution >= 0.6 is 45.2 Å². The largest absolute Gasteiger partial charge is 0.0651 e. The second-order valence-electron chi connectivity index (χ2n) is 6.73. The first-order chi connectivity index (χ1) is 11.6. The van der Waals surface area contributed by atoms with Crippen LogP contribution in [0.5, 0.6) is 0 Å². The summed E-state index contributed by atoms with van der Waals surface area (Å²) in [6, 6.07) is 4.91. The summed E-state index contributed by atoms with van der Waals surface area (Å²) in [6.45, 7) is 9.29. The van der Waals surface area contributed by atoms with E-state index in [4.69, 9.17) is 0 Å². The SMILES string of the molecule is CCCc1c(CCC)c(CCC)c2cc(I)c(I)cc2c1CCC. The Bertz CT molecular complexity index is 641. The van der Waals surface area contributed by atoms with Gasteiger partial charge >= 0.3 is 0 Å². The predicted octanol–water partition coefficient (Wildman–Crippen LogP) is 7.86. The van der Waals surface area contributed by atoms with Crippen LogP contribution < -0.4 is 0 Å². The maximum atomic E-state index is 2.50. The fraction of sp³-hybridized carbons (Fsp3) is 0.545. The summed E-state index contributed by atoms with van der Waals surface area (Å²) in [5.74, 6) is 0. The molecule has 2 rings (SSSR count). The molecule has 24 heavy (non-hydrogen) atoms. The number of benzene rings is 2. The molecule has 0 amide bonds. The number of hydrogen-bond donors (Lipinski definition) is 0. The number of halogens is 2. The van der Waals surface area contributed by atoms with Crippen LogP contribution in [0.4, 0.5) is 0 Å². The Hall–Kier alpha value is 0.160. The molecule has 0 aliphatic rings. The van der Waals surface area contributed by atoms with Crippen LogP contribution in [0.3, 0.4) is 0 Å². The van der Waals surface area contributed by atoms with E-state index < -0.39 is 0 Å². The highest BCUT2D eigenvalue weighted by molar-refractivity contribution is 14.1. The van der Waals surface area contributed by atoms with Crippen molar-refractivity contribution >= 4 is 56.0 Å². The molecular formula is C22H30I2. The summed E-state index contributed by atoms with van der Waals surface area (Å²) in [5.41, 5.74) is 6.67. The summed E-state index contributed by atoms with van der Waals surface area (Å²) in [7, 11) is 0. The molecule has 2 aromatic carbocycles.